The van der Waals surface area contributed by atoms with Crippen LogP contribution in [0, 0.1) is 0 Å². The number of para-hydroxylation sites is 1. The Morgan fingerprint density at radius 1 is 1.29 bits per heavy atom. The third-order valence-electron chi connectivity index (χ3n) is 4.10. The first-order valence-electron chi connectivity index (χ1n) is 7.30. The van der Waals surface area contributed by atoms with Crippen LogP contribution in [0.25, 0.3) is 10.9 Å². The first-order valence-corrected chi connectivity index (χ1v) is 7.30. The molecule has 2 atom stereocenters. The predicted octanol–water partition coefficient (Wildman–Crippen LogP) is 2.61. The van der Waals surface area contributed by atoms with Gasteiger partial charge in [-0.15, -0.1) is 0 Å². The minimum atomic E-state index is -1.02. The lowest BCUT2D eigenvalue weighted by atomic mass is 9.90. The molecule has 21 heavy (non-hydrogen) atoms. The van der Waals surface area contributed by atoms with Crippen molar-refractivity contribution >= 4 is 22.6 Å². The highest BCUT2D eigenvalue weighted by molar-refractivity contribution is 5.97. The molecule has 0 amide bonds. The molecule has 0 spiro atoms. The molecule has 0 saturated heterocycles. The maximum Gasteiger partial charge on any atom is 0.354 e. The van der Waals surface area contributed by atoms with Gasteiger partial charge in [-0.1, -0.05) is 31.0 Å². The number of aromatic nitrogens is 1. The van der Waals surface area contributed by atoms with E-state index in [4.69, 9.17) is 5.73 Å². The molecule has 2 unspecified atom stereocenters. The van der Waals surface area contributed by atoms with Crippen molar-refractivity contribution in [3.05, 3.63) is 36.0 Å². The van der Waals surface area contributed by atoms with E-state index in [-0.39, 0.29) is 17.8 Å². The second-order valence-corrected chi connectivity index (χ2v) is 5.58. The van der Waals surface area contributed by atoms with E-state index in [0.717, 1.165) is 36.8 Å². The fourth-order valence-electron chi connectivity index (χ4n) is 2.94. The third kappa shape index (κ3) is 2.83. The molecule has 0 radical (unpaired) electrons. The smallest absolute Gasteiger partial charge is 0.354 e. The zero-order valence-corrected chi connectivity index (χ0v) is 11.7. The van der Waals surface area contributed by atoms with Crippen LogP contribution >= 0.6 is 0 Å². The number of hydrogen-bond donors (Lipinski definition) is 3. The van der Waals surface area contributed by atoms with E-state index in [0.29, 0.717) is 5.52 Å². The minimum absolute atomic E-state index is 0.0561. The lowest BCUT2D eigenvalue weighted by Crippen LogP contribution is -2.42. The molecule has 0 aliphatic heterocycles. The number of pyridine rings is 1. The molecule has 110 valence electrons. The standard InChI is InChI=1S/C16H19N3O2/c17-11-6-2-4-8-13(11)19-14-9-15(16(20)21)18-12-7-3-1-5-10(12)14/h1,3,5,7,9,11,13H,2,4,6,8,17H2,(H,18,19)(H,20,21). The summed E-state index contributed by atoms with van der Waals surface area (Å²) in [7, 11) is 0. The summed E-state index contributed by atoms with van der Waals surface area (Å²) in [6.45, 7) is 0. The van der Waals surface area contributed by atoms with Crippen molar-refractivity contribution in [1.29, 1.82) is 0 Å². The van der Waals surface area contributed by atoms with E-state index >= 15 is 0 Å². The number of carbonyl (C=O) groups is 1. The molecule has 4 N–H and O–H groups in total. The van der Waals surface area contributed by atoms with E-state index in [1.54, 1.807) is 6.07 Å². The van der Waals surface area contributed by atoms with Crippen LogP contribution in [-0.4, -0.2) is 28.1 Å². The largest absolute Gasteiger partial charge is 0.477 e. The second kappa shape index (κ2) is 5.69. The fraction of sp³-hybridized carbons (Fsp3) is 0.375. The van der Waals surface area contributed by atoms with Gasteiger partial charge >= 0.3 is 5.97 Å². The van der Waals surface area contributed by atoms with Crippen molar-refractivity contribution in [3.63, 3.8) is 0 Å². The Morgan fingerprint density at radius 3 is 2.81 bits per heavy atom. The molecule has 1 heterocycles. The number of nitrogens with one attached hydrogen (secondary N) is 1. The number of hydrogen-bond acceptors (Lipinski definition) is 4. The molecular formula is C16H19N3O2. The number of fused-ring (bicyclic) bond motifs is 1. The Morgan fingerprint density at radius 2 is 2.05 bits per heavy atom. The van der Waals surface area contributed by atoms with Gasteiger partial charge < -0.3 is 16.2 Å². The monoisotopic (exact) mass is 285 g/mol. The van der Waals surface area contributed by atoms with E-state index in [9.17, 15) is 9.90 Å². The molecule has 1 aliphatic rings. The molecular weight excluding hydrogens is 266 g/mol. The van der Waals surface area contributed by atoms with Crippen LogP contribution in [0.1, 0.15) is 36.2 Å². The Balaban J connectivity index is 2.01. The van der Waals surface area contributed by atoms with Gasteiger partial charge in [0.15, 0.2) is 5.69 Å². The van der Waals surface area contributed by atoms with E-state index in [1.165, 1.54) is 0 Å². The van der Waals surface area contributed by atoms with Crippen molar-refractivity contribution in [2.24, 2.45) is 5.73 Å². The molecule has 1 saturated carbocycles. The van der Waals surface area contributed by atoms with Crippen molar-refractivity contribution < 1.29 is 9.90 Å². The maximum atomic E-state index is 11.2. The average molecular weight is 285 g/mol. The Labute approximate surface area is 123 Å². The number of nitrogens with two attached hydrogens (primary N) is 1. The summed E-state index contributed by atoms with van der Waals surface area (Å²) in [5, 5.41) is 13.6. The fourth-order valence-corrected chi connectivity index (χ4v) is 2.94. The molecule has 1 aliphatic carbocycles. The lowest BCUT2D eigenvalue weighted by molar-refractivity contribution is 0.0691. The number of aromatic carboxylic acids is 1. The highest BCUT2D eigenvalue weighted by Crippen LogP contribution is 2.27. The van der Waals surface area contributed by atoms with Crippen LogP contribution in [0.15, 0.2) is 30.3 Å². The first-order chi connectivity index (χ1) is 10.1. The normalized spacial score (nSPS) is 22.1. The van der Waals surface area contributed by atoms with Crippen LogP contribution in [0.4, 0.5) is 5.69 Å². The topological polar surface area (TPSA) is 88.2 Å². The second-order valence-electron chi connectivity index (χ2n) is 5.58. The van der Waals surface area contributed by atoms with Crippen molar-refractivity contribution in [2.75, 3.05) is 5.32 Å². The van der Waals surface area contributed by atoms with Crippen LogP contribution in [-0.2, 0) is 0 Å². The highest BCUT2D eigenvalue weighted by atomic mass is 16.4. The Kier molecular flexibility index (Phi) is 3.75. The molecule has 1 fully saturated rings. The lowest BCUT2D eigenvalue weighted by Gasteiger charge is -2.30. The molecule has 1 aromatic heterocycles. The van der Waals surface area contributed by atoms with Crippen LogP contribution in [0.5, 0.6) is 0 Å². The van der Waals surface area contributed by atoms with Gasteiger partial charge in [0.25, 0.3) is 0 Å². The number of carboxylic acid groups (broad SMARTS) is 1. The quantitative estimate of drug-likeness (QED) is 0.806. The molecule has 5 heteroatoms. The molecule has 2 aromatic rings. The summed E-state index contributed by atoms with van der Waals surface area (Å²) >= 11 is 0. The summed E-state index contributed by atoms with van der Waals surface area (Å²) in [4.78, 5) is 15.4. The zero-order chi connectivity index (χ0) is 14.8. The van der Waals surface area contributed by atoms with Gasteiger partial charge in [-0.25, -0.2) is 9.78 Å². The molecule has 5 nitrogen and oxygen atoms in total. The molecule has 3 rings (SSSR count). The maximum absolute atomic E-state index is 11.2. The summed E-state index contributed by atoms with van der Waals surface area (Å²) < 4.78 is 0. The summed E-state index contributed by atoms with van der Waals surface area (Å²) in [5.74, 6) is -1.02. The van der Waals surface area contributed by atoms with Gasteiger partial charge in [0.2, 0.25) is 0 Å². The number of anilines is 1. The van der Waals surface area contributed by atoms with Crippen LogP contribution in [0.2, 0.25) is 0 Å². The van der Waals surface area contributed by atoms with Gasteiger partial charge in [0, 0.05) is 23.2 Å². The summed E-state index contributed by atoms with van der Waals surface area (Å²) in [5.41, 5.74) is 7.72. The van der Waals surface area contributed by atoms with Crippen LogP contribution < -0.4 is 11.1 Å². The SMILES string of the molecule is NC1CCCCC1Nc1cc(C(=O)O)nc2ccccc12. The van der Waals surface area contributed by atoms with Gasteiger partial charge in [0.1, 0.15) is 0 Å². The summed E-state index contributed by atoms with van der Waals surface area (Å²) in [6.07, 6.45) is 4.34. The van der Waals surface area contributed by atoms with Gasteiger partial charge in [-0.05, 0) is 25.0 Å². The van der Waals surface area contributed by atoms with E-state index in [2.05, 4.69) is 10.3 Å². The van der Waals surface area contributed by atoms with Gasteiger partial charge in [-0.3, -0.25) is 0 Å². The molecule has 0 bridgehead atoms. The van der Waals surface area contributed by atoms with E-state index in [1.807, 2.05) is 24.3 Å². The first kappa shape index (κ1) is 13.8. The predicted molar refractivity (Wildman–Crippen MR) is 82.6 cm³/mol. The highest BCUT2D eigenvalue weighted by Gasteiger charge is 2.22. The minimum Gasteiger partial charge on any atom is -0.477 e. The van der Waals surface area contributed by atoms with Gasteiger partial charge in [-0.2, -0.15) is 0 Å². The van der Waals surface area contributed by atoms with Crippen LogP contribution in [0.3, 0.4) is 0 Å². The van der Waals surface area contributed by atoms with Crippen molar-refractivity contribution in [1.82, 2.24) is 4.98 Å². The number of carboxylic acids is 1. The average Bonchev–Trinajstić information content (AvgIpc) is 2.49. The number of benzene rings is 1. The Bertz CT molecular complexity index is 672. The zero-order valence-electron chi connectivity index (χ0n) is 11.7. The van der Waals surface area contributed by atoms with E-state index < -0.39 is 5.97 Å². The van der Waals surface area contributed by atoms with Crippen molar-refractivity contribution in [2.45, 2.75) is 37.8 Å². The summed E-state index contributed by atoms with van der Waals surface area (Å²) in [6, 6.07) is 9.46. The third-order valence-corrected chi connectivity index (χ3v) is 4.10. The molecule has 1 aromatic carbocycles. The van der Waals surface area contributed by atoms with Crippen molar-refractivity contribution in [3.8, 4) is 0 Å². The number of rotatable bonds is 3. The van der Waals surface area contributed by atoms with Gasteiger partial charge in [0.05, 0.1) is 5.52 Å². The number of nitrogens with zero attached hydrogens (tertiary/aromatic N) is 1. The Hall–Kier alpha value is -2.14.